The molecule has 2 aromatic carbocycles. The van der Waals surface area contributed by atoms with Gasteiger partial charge in [-0.05, 0) is 84.6 Å². The molecule has 5 heteroatoms. The third-order valence-corrected chi connectivity index (χ3v) is 9.72. The molecule has 0 radical (unpaired) electrons. The number of para-hydroxylation sites is 1. The number of amides is 1. The maximum atomic E-state index is 13.0. The molecule has 0 spiro atoms. The predicted molar refractivity (Wildman–Crippen MR) is 164 cm³/mol. The average molecular weight is 537 g/mol. The Hall–Kier alpha value is -3.21. The van der Waals surface area contributed by atoms with E-state index in [1.165, 1.54) is 74.5 Å². The summed E-state index contributed by atoms with van der Waals surface area (Å²) < 4.78 is 0. The van der Waals surface area contributed by atoms with Crippen LogP contribution in [-0.4, -0.2) is 36.5 Å². The fourth-order valence-electron chi connectivity index (χ4n) is 7.61. The van der Waals surface area contributed by atoms with Crippen molar-refractivity contribution >= 4 is 28.2 Å². The minimum Gasteiger partial charge on any atom is -0.362 e. The maximum absolute atomic E-state index is 13.0. The summed E-state index contributed by atoms with van der Waals surface area (Å²) in [6.45, 7) is 0.809. The molecule has 3 aliphatic carbocycles. The van der Waals surface area contributed by atoms with Gasteiger partial charge in [-0.3, -0.25) is 4.79 Å². The quantitative estimate of drug-likeness (QED) is 0.307. The molecule has 1 heterocycles. The van der Waals surface area contributed by atoms with Gasteiger partial charge in [0.15, 0.2) is 0 Å². The summed E-state index contributed by atoms with van der Waals surface area (Å²) in [5.41, 5.74) is 5.11. The summed E-state index contributed by atoms with van der Waals surface area (Å²) in [6, 6.07) is 17.1. The molecule has 6 rings (SSSR count). The van der Waals surface area contributed by atoms with E-state index in [0.29, 0.717) is 17.8 Å². The number of allylic oxidation sites excluding steroid dienone is 1. The van der Waals surface area contributed by atoms with E-state index in [1.54, 1.807) is 0 Å². The van der Waals surface area contributed by atoms with Crippen LogP contribution in [-0.2, 0) is 11.2 Å². The van der Waals surface area contributed by atoms with Gasteiger partial charge in [-0.2, -0.15) is 0 Å². The van der Waals surface area contributed by atoms with Gasteiger partial charge in [0.05, 0.1) is 5.52 Å². The summed E-state index contributed by atoms with van der Waals surface area (Å²) >= 11 is 0. The molecular formula is C35H44N4O. The molecule has 1 amide bonds. The fraction of sp³-hybridized carbons (Fsp3) is 0.514. The van der Waals surface area contributed by atoms with Crippen LogP contribution in [0.25, 0.3) is 16.5 Å². The number of nitrogens with one attached hydrogen (secondary N) is 1. The first-order chi connectivity index (χ1) is 19.6. The number of fused-ring (bicyclic) bond motifs is 4. The fourth-order valence-corrected chi connectivity index (χ4v) is 7.61. The van der Waals surface area contributed by atoms with Gasteiger partial charge < -0.3 is 10.2 Å². The van der Waals surface area contributed by atoms with E-state index in [4.69, 9.17) is 9.97 Å². The van der Waals surface area contributed by atoms with Crippen molar-refractivity contribution in [2.45, 2.75) is 76.5 Å². The second-order valence-electron chi connectivity index (χ2n) is 12.6. The molecule has 3 aliphatic rings. The molecule has 1 aromatic heterocycles. The largest absolute Gasteiger partial charge is 0.362 e. The van der Waals surface area contributed by atoms with E-state index in [9.17, 15) is 4.79 Å². The van der Waals surface area contributed by atoms with Crippen LogP contribution in [0.15, 0.2) is 54.6 Å². The molecule has 0 aliphatic heterocycles. The number of aromatic nitrogens is 2. The van der Waals surface area contributed by atoms with Gasteiger partial charge in [0, 0.05) is 38.5 Å². The molecule has 2 atom stereocenters. The van der Waals surface area contributed by atoms with Crippen molar-refractivity contribution in [2.75, 3.05) is 25.5 Å². The Bertz CT molecular complexity index is 1370. The lowest BCUT2D eigenvalue weighted by Crippen LogP contribution is -2.30. The van der Waals surface area contributed by atoms with Gasteiger partial charge >= 0.3 is 0 Å². The standard InChI is InChI=1S/C35H44N4O/c1-39(2)35-30-15-7-8-16-32(30)37-33(38-35)17-9-10-24-18-20-25(21-19-24)23-36-34(40)22-31-28-13-5-3-11-26(28)27-12-4-6-14-29(27)31/h3,5,7-8,11,13,15-16,22,24-25,27,29H,4,6,9-10,12,14,17-21,23H2,1-2H3,(H,36,40)/b31-22-/t24?,25?,27-,29?/m1/s1. The Kier molecular flexibility index (Phi) is 8.17. The molecule has 0 bridgehead atoms. The summed E-state index contributed by atoms with van der Waals surface area (Å²) in [6.07, 6.45) is 15.3. The van der Waals surface area contributed by atoms with E-state index in [1.807, 2.05) is 6.08 Å². The molecule has 0 saturated heterocycles. The first-order valence-electron chi connectivity index (χ1n) is 15.6. The Balaban J connectivity index is 0.967. The van der Waals surface area contributed by atoms with Crippen molar-refractivity contribution < 1.29 is 4.79 Å². The Morgan fingerprint density at radius 1 is 0.900 bits per heavy atom. The Morgan fingerprint density at radius 2 is 1.62 bits per heavy atom. The minimum atomic E-state index is 0.102. The van der Waals surface area contributed by atoms with E-state index < -0.39 is 0 Å². The molecule has 2 fully saturated rings. The number of nitrogens with zero attached hydrogens (tertiary/aromatic N) is 3. The summed E-state index contributed by atoms with van der Waals surface area (Å²) in [5, 5.41) is 4.39. The number of carbonyl (C=O) groups is 1. The average Bonchev–Trinajstić information content (AvgIpc) is 3.29. The number of carbonyl (C=O) groups excluding carboxylic acids is 1. The van der Waals surface area contributed by atoms with E-state index in [0.717, 1.165) is 47.8 Å². The second kappa shape index (κ2) is 12.1. The highest BCUT2D eigenvalue weighted by atomic mass is 16.1. The predicted octanol–water partition coefficient (Wildman–Crippen LogP) is 7.31. The second-order valence-corrected chi connectivity index (χ2v) is 12.6. The van der Waals surface area contributed by atoms with E-state index >= 15 is 0 Å². The normalized spacial score (nSPS) is 25.0. The van der Waals surface area contributed by atoms with Gasteiger partial charge in [0.1, 0.15) is 11.6 Å². The lowest BCUT2D eigenvalue weighted by atomic mass is 9.78. The minimum absolute atomic E-state index is 0.102. The maximum Gasteiger partial charge on any atom is 0.244 e. The summed E-state index contributed by atoms with van der Waals surface area (Å²) in [7, 11) is 4.10. The zero-order valence-corrected chi connectivity index (χ0v) is 24.2. The van der Waals surface area contributed by atoms with Crippen molar-refractivity contribution in [3.05, 3.63) is 71.6 Å². The van der Waals surface area contributed by atoms with Crippen LogP contribution in [0.5, 0.6) is 0 Å². The third kappa shape index (κ3) is 5.80. The molecule has 2 saturated carbocycles. The molecule has 210 valence electrons. The number of anilines is 1. The van der Waals surface area contributed by atoms with Crippen LogP contribution in [0, 0.1) is 17.8 Å². The topological polar surface area (TPSA) is 58.1 Å². The van der Waals surface area contributed by atoms with Crippen molar-refractivity contribution in [3.63, 3.8) is 0 Å². The van der Waals surface area contributed by atoms with Crippen molar-refractivity contribution in [1.82, 2.24) is 15.3 Å². The number of rotatable bonds is 8. The number of aryl methyl sites for hydroxylation is 1. The third-order valence-electron chi connectivity index (χ3n) is 9.72. The molecule has 3 aromatic rings. The molecular weight excluding hydrogens is 492 g/mol. The number of hydrogen-bond donors (Lipinski definition) is 1. The summed E-state index contributed by atoms with van der Waals surface area (Å²) in [5.74, 6) is 4.59. The SMILES string of the molecule is CN(C)c1nc(CCCC2CCC(CNC(=O)/C=C3/c4ccccc4[C@H]4CCCCC34)CC2)nc2ccccc12. The van der Waals surface area contributed by atoms with Crippen LogP contribution < -0.4 is 10.2 Å². The van der Waals surface area contributed by atoms with Crippen LogP contribution in [0.2, 0.25) is 0 Å². The van der Waals surface area contributed by atoms with Crippen LogP contribution >= 0.6 is 0 Å². The van der Waals surface area contributed by atoms with Gasteiger partial charge in [0.25, 0.3) is 0 Å². The first-order valence-corrected chi connectivity index (χ1v) is 15.6. The van der Waals surface area contributed by atoms with Crippen LogP contribution in [0.1, 0.15) is 87.1 Å². The number of benzene rings is 2. The van der Waals surface area contributed by atoms with Gasteiger partial charge in [-0.1, -0.05) is 68.5 Å². The van der Waals surface area contributed by atoms with Crippen LogP contribution in [0.3, 0.4) is 0 Å². The highest BCUT2D eigenvalue weighted by Crippen LogP contribution is 2.52. The molecule has 5 nitrogen and oxygen atoms in total. The van der Waals surface area contributed by atoms with E-state index in [2.05, 4.69) is 72.8 Å². The highest BCUT2D eigenvalue weighted by molar-refractivity contribution is 5.97. The zero-order valence-electron chi connectivity index (χ0n) is 24.2. The smallest absolute Gasteiger partial charge is 0.244 e. The molecule has 1 N–H and O–H groups in total. The lowest BCUT2D eigenvalue weighted by Gasteiger charge is -2.28. The van der Waals surface area contributed by atoms with Crippen molar-refractivity contribution in [2.24, 2.45) is 17.8 Å². The van der Waals surface area contributed by atoms with Gasteiger partial charge in [-0.15, -0.1) is 0 Å². The Labute approximate surface area is 239 Å². The first kappa shape index (κ1) is 27.0. The van der Waals surface area contributed by atoms with Crippen molar-refractivity contribution in [1.29, 1.82) is 0 Å². The molecule has 1 unspecified atom stereocenters. The monoisotopic (exact) mass is 536 g/mol. The van der Waals surface area contributed by atoms with Crippen LogP contribution in [0.4, 0.5) is 5.82 Å². The van der Waals surface area contributed by atoms with Gasteiger partial charge in [-0.25, -0.2) is 9.97 Å². The molecule has 40 heavy (non-hydrogen) atoms. The highest BCUT2D eigenvalue weighted by Gasteiger charge is 2.37. The lowest BCUT2D eigenvalue weighted by molar-refractivity contribution is -0.116. The number of hydrogen-bond acceptors (Lipinski definition) is 4. The zero-order chi connectivity index (χ0) is 27.5. The van der Waals surface area contributed by atoms with Gasteiger partial charge in [0.2, 0.25) is 5.91 Å². The van der Waals surface area contributed by atoms with E-state index in [-0.39, 0.29) is 5.91 Å². The Morgan fingerprint density at radius 3 is 2.45 bits per heavy atom. The van der Waals surface area contributed by atoms with Crippen molar-refractivity contribution in [3.8, 4) is 0 Å². The summed E-state index contributed by atoms with van der Waals surface area (Å²) in [4.78, 5) is 24.8.